The summed E-state index contributed by atoms with van der Waals surface area (Å²) in [6.07, 6.45) is 4.00. The lowest BCUT2D eigenvalue weighted by molar-refractivity contribution is 0.0337. The van der Waals surface area contributed by atoms with E-state index in [1.165, 1.54) is 0 Å². The zero-order valence-corrected chi connectivity index (χ0v) is 8.55. The molecule has 3 heteroatoms. The molecule has 1 aliphatic heterocycles. The fourth-order valence-electron chi connectivity index (χ4n) is 1.55. The van der Waals surface area contributed by atoms with E-state index in [-0.39, 0.29) is 5.54 Å². The van der Waals surface area contributed by atoms with Gasteiger partial charge in [-0.05, 0) is 25.7 Å². The number of hydrogen-bond acceptors (Lipinski definition) is 3. The molecule has 1 rings (SSSR count). The minimum atomic E-state index is -0.0218. The van der Waals surface area contributed by atoms with Gasteiger partial charge in [0, 0.05) is 32.0 Å². The lowest BCUT2D eigenvalue weighted by Crippen LogP contribution is -2.45. The van der Waals surface area contributed by atoms with Gasteiger partial charge in [-0.15, -0.1) is 0 Å². The van der Waals surface area contributed by atoms with Gasteiger partial charge in [-0.25, -0.2) is 0 Å². The van der Waals surface area contributed by atoms with Gasteiger partial charge in [0.1, 0.15) is 0 Å². The molecule has 0 atom stereocenters. The van der Waals surface area contributed by atoms with Crippen molar-refractivity contribution in [2.45, 2.75) is 38.1 Å². The van der Waals surface area contributed by atoms with Crippen LogP contribution in [0.3, 0.4) is 0 Å². The fourth-order valence-corrected chi connectivity index (χ4v) is 1.55. The molecule has 13 heavy (non-hydrogen) atoms. The Morgan fingerprint density at radius 1 is 1.31 bits per heavy atom. The molecule has 0 unspecified atom stereocenters. The lowest BCUT2D eigenvalue weighted by Gasteiger charge is -2.33. The number of nitrogens with two attached hydrogens (primary N) is 1. The molecule has 1 saturated heterocycles. The Morgan fingerprint density at radius 2 is 2.00 bits per heavy atom. The summed E-state index contributed by atoms with van der Waals surface area (Å²) >= 11 is 0. The summed E-state index contributed by atoms with van der Waals surface area (Å²) < 4.78 is 10.7. The molecule has 0 aliphatic carbocycles. The summed E-state index contributed by atoms with van der Waals surface area (Å²) in [5, 5.41) is 0. The van der Waals surface area contributed by atoms with Crippen molar-refractivity contribution in [3.05, 3.63) is 0 Å². The Labute approximate surface area is 80.6 Å². The van der Waals surface area contributed by atoms with E-state index in [4.69, 9.17) is 15.2 Å². The molecular weight excluding hydrogens is 166 g/mol. The SMILES string of the molecule is CCCOCCC1(N)CCOCC1. The predicted molar refractivity (Wildman–Crippen MR) is 52.7 cm³/mol. The third kappa shape index (κ3) is 4.07. The Hall–Kier alpha value is -0.120. The van der Waals surface area contributed by atoms with Crippen molar-refractivity contribution in [2.24, 2.45) is 5.73 Å². The first-order valence-corrected chi connectivity index (χ1v) is 5.21. The van der Waals surface area contributed by atoms with E-state index in [1.54, 1.807) is 0 Å². The van der Waals surface area contributed by atoms with E-state index in [0.29, 0.717) is 0 Å². The number of rotatable bonds is 5. The molecule has 1 fully saturated rings. The maximum atomic E-state index is 6.18. The maximum Gasteiger partial charge on any atom is 0.0483 e. The molecule has 3 nitrogen and oxygen atoms in total. The second kappa shape index (κ2) is 5.58. The Balaban J connectivity index is 2.10. The van der Waals surface area contributed by atoms with Gasteiger partial charge in [0.25, 0.3) is 0 Å². The van der Waals surface area contributed by atoms with Gasteiger partial charge in [-0.3, -0.25) is 0 Å². The van der Waals surface area contributed by atoms with Crippen LogP contribution in [-0.2, 0) is 9.47 Å². The zero-order valence-electron chi connectivity index (χ0n) is 8.55. The van der Waals surface area contributed by atoms with Crippen LogP contribution in [0.5, 0.6) is 0 Å². The first kappa shape index (κ1) is 11.0. The summed E-state index contributed by atoms with van der Waals surface area (Å²) in [6, 6.07) is 0. The first-order valence-electron chi connectivity index (χ1n) is 5.21. The highest BCUT2D eigenvalue weighted by Crippen LogP contribution is 2.21. The summed E-state index contributed by atoms with van der Waals surface area (Å²) in [5.74, 6) is 0. The van der Waals surface area contributed by atoms with Gasteiger partial charge < -0.3 is 15.2 Å². The van der Waals surface area contributed by atoms with Crippen molar-refractivity contribution in [1.82, 2.24) is 0 Å². The normalized spacial score (nSPS) is 21.7. The minimum Gasteiger partial charge on any atom is -0.381 e. The largest absolute Gasteiger partial charge is 0.381 e. The van der Waals surface area contributed by atoms with E-state index >= 15 is 0 Å². The zero-order chi connectivity index (χ0) is 9.57. The molecule has 0 saturated carbocycles. The van der Waals surface area contributed by atoms with Crippen LogP contribution in [0.25, 0.3) is 0 Å². The third-order valence-corrected chi connectivity index (χ3v) is 2.58. The van der Waals surface area contributed by atoms with E-state index in [1.807, 2.05) is 0 Å². The Bertz CT molecular complexity index is 133. The van der Waals surface area contributed by atoms with Crippen molar-refractivity contribution in [3.8, 4) is 0 Å². The van der Waals surface area contributed by atoms with Gasteiger partial charge in [0.05, 0.1) is 0 Å². The molecular formula is C10H21NO2. The monoisotopic (exact) mass is 187 g/mol. The van der Waals surface area contributed by atoms with Gasteiger partial charge in [0.15, 0.2) is 0 Å². The molecule has 1 aliphatic rings. The quantitative estimate of drug-likeness (QED) is 0.660. The standard InChI is InChI=1S/C10H21NO2/c1-2-6-12-7-3-10(11)4-8-13-9-5-10/h2-9,11H2,1H3. The second-order valence-corrected chi connectivity index (χ2v) is 3.84. The molecule has 0 aromatic rings. The third-order valence-electron chi connectivity index (χ3n) is 2.58. The van der Waals surface area contributed by atoms with Crippen molar-refractivity contribution >= 4 is 0 Å². The molecule has 0 radical (unpaired) electrons. The van der Waals surface area contributed by atoms with Crippen LogP contribution in [0, 0.1) is 0 Å². The summed E-state index contributed by atoms with van der Waals surface area (Å²) in [4.78, 5) is 0. The van der Waals surface area contributed by atoms with Gasteiger partial charge in [0.2, 0.25) is 0 Å². The Morgan fingerprint density at radius 3 is 2.62 bits per heavy atom. The number of ether oxygens (including phenoxy) is 2. The van der Waals surface area contributed by atoms with Crippen molar-refractivity contribution in [2.75, 3.05) is 26.4 Å². The molecule has 78 valence electrons. The smallest absolute Gasteiger partial charge is 0.0483 e. The van der Waals surface area contributed by atoms with Crippen LogP contribution in [0.1, 0.15) is 32.6 Å². The molecule has 2 N–H and O–H groups in total. The molecule has 0 aromatic heterocycles. The molecule has 1 heterocycles. The van der Waals surface area contributed by atoms with Crippen molar-refractivity contribution in [1.29, 1.82) is 0 Å². The van der Waals surface area contributed by atoms with E-state index in [0.717, 1.165) is 52.1 Å². The summed E-state index contributed by atoms with van der Waals surface area (Å²) in [5.41, 5.74) is 6.16. The molecule has 0 spiro atoms. The van der Waals surface area contributed by atoms with Crippen LogP contribution in [0.2, 0.25) is 0 Å². The van der Waals surface area contributed by atoms with E-state index in [2.05, 4.69) is 6.92 Å². The predicted octanol–water partition coefficient (Wildman–Crippen LogP) is 1.31. The van der Waals surface area contributed by atoms with Crippen LogP contribution in [-0.4, -0.2) is 32.0 Å². The van der Waals surface area contributed by atoms with Crippen LogP contribution >= 0.6 is 0 Å². The minimum absolute atomic E-state index is 0.0218. The summed E-state index contributed by atoms with van der Waals surface area (Å²) in [7, 11) is 0. The van der Waals surface area contributed by atoms with E-state index < -0.39 is 0 Å². The second-order valence-electron chi connectivity index (χ2n) is 3.84. The highest BCUT2D eigenvalue weighted by molar-refractivity contribution is 4.85. The topological polar surface area (TPSA) is 44.5 Å². The molecule has 0 bridgehead atoms. The maximum absolute atomic E-state index is 6.18. The lowest BCUT2D eigenvalue weighted by atomic mass is 9.88. The van der Waals surface area contributed by atoms with Crippen LogP contribution in [0.4, 0.5) is 0 Å². The average molecular weight is 187 g/mol. The highest BCUT2D eigenvalue weighted by atomic mass is 16.5. The number of hydrogen-bond donors (Lipinski definition) is 1. The first-order chi connectivity index (χ1) is 6.27. The van der Waals surface area contributed by atoms with E-state index in [9.17, 15) is 0 Å². The highest BCUT2D eigenvalue weighted by Gasteiger charge is 2.27. The van der Waals surface area contributed by atoms with Crippen molar-refractivity contribution < 1.29 is 9.47 Å². The Kier molecular flexibility index (Phi) is 4.70. The van der Waals surface area contributed by atoms with Crippen LogP contribution in [0.15, 0.2) is 0 Å². The molecule has 0 aromatic carbocycles. The van der Waals surface area contributed by atoms with Gasteiger partial charge in [-0.2, -0.15) is 0 Å². The fraction of sp³-hybridized carbons (Fsp3) is 1.00. The average Bonchev–Trinajstić information content (AvgIpc) is 2.14. The van der Waals surface area contributed by atoms with Crippen molar-refractivity contribution in [3.63, 3.8) is 0 Å². The van der Waals surface area contributed by atoms with Gasteiger partial charge in [-0.1, -0.05) is 6.92 Å². The van der Waals surface area contributed by atoms with Gasteiger partial charge >= 0.3 is 0 Å². The van der Waals surface area contributed by atoms with Crippen LogP contribution < -0.4 is 5.73 Å². The summed E-state index contributed by atoms with van der Waals surface area (Å²) in [6.45, 7) is 5.39. The molecule has 0 amide bonds.